The van der Waals surface area contributed by atoms with Gasteiger partial charge in [0.2, 0.25) is 0 Å². The molecule has 0 unspecified atom stereocenters. The molecular formula is C18H20F3NO3. The molecule has 1 aromatic rings. The van der Waals surface area contributed by atoms with Crippen LogP contribution in [0.2, 0.25) is 0 Å². The molecule has 25 heavy (non-hydrogen) atoms. The van der Waals surface area contributed by atoms with Gasteiger partial charge in [-0.15, -0.1) is 0 Å². The molecule has 1 fully saturated rings. The average molecular weight is 355 g/mol. The standard InChI is InChI=1S/C18H20F3NO3/c1-17(2)10-22(8-7-14(17)18(19,20)21)15(23)13-9-11-5-3-4-6-12(11)16(24)25-13/h3-6,13-14H,7-10H2,1-2H3/t13-,14-/m1/s1. The van der Waals surface area contributed by atoms with Gasteiger partial charge in [-0.05, 0) is 23.5 Å². The van der Waals surface area contributed by atoms with Crippen molar-refractivity contribution < 1.29 is 27.5 Å². The van der Waals surface area contributed by atoms with E-state index in [1.165, 1.54) is 18.7 Å². The first-order valence-corrected chi connectivity index (χ1v) is 8.24. The number of nitrogens with zero attached hydrogens (tertiary/aromatic N) is 1. The Kier molecular flexibility index (Phi) is 4.29. The molecule has 136 valence electrons. The summed E-state index contributed by atoms with van der Waals surface area (Å²) in [6.07, 6.45) is -5.14. The number of carbonyl (C=O) groups is 2. The van der Waals surface area contributed by atoms with Crippen LogP contribution >= 0.6 is 0 Å². The van der Waals surface area contributed by atoms with Crippen LogP contribution in [0.25, 0.3) is 0 Å². The number of rotatable bonds is 1. The fourth-order valence-electron chi connectivity index (χ4n) is 3.82. The number of carbonyl (C=O) groups excluding carboxylic acids is 2. The van der Waals surface area contributed by atoms with Crippen LogP contribution < -0.4 is 0 Å². The van der Waals surface area contributed by atoms with Crippen LogP contribution in [0.4, 0.5) is 13.2 Å². The molecule has 4 nitrogen and oxygen atoms in total. The Labute approximate surface area is 143 Å². The Morgan fingerprint density at radius 2 is 1.96 bits per heavy atom. The van der Waals surface area contributed by atoms with Crippen molar-refractivity contribution in [3.05, 3.63) is 35.4 Å². The van der Waals surface area contributed by atoms with Crippen LogP contribution in [0.15, 0.2) is 24.3 Å². The monoisotopic (exact) mass is 355 g/mol. The predicted octanol–water partition coefficient (Wildman–Crippen LogP) is 3.21. The van der Waals surface area contributed by atoms with Gasteiger partial charge in [0.15, 0.2) is 6.10 Å². The maximum atomic E-state index is 13.2. The lowest BCUT2D eigenvalue weighted by Crippen LogP contribution is -2.55. The summed E-state index contributed by atoms with van der Waals surface area (Å²) in [5.41, 5.74) is 0.0761. The van der Waals surface area contributed by atoms with Crippen molar-refractivity contribution in [1.82, 2.24) is 4.90 Å². The molecule has 3 rings (SSSR count). The number of piperidine rings is 1. The van der Waals surface area contributed by atoms with E-state index < -0.39 is 35.5 Å². The Balaban J connectivity index is 1.74. The minimum Gasteiger partial charge on any atom is -0.448 e. The summed E-state index contributed by atoms with van der Waals surface area (Å²) in [6.45, 7) is 3.05. The highest BCUT2D eigenvalue weighted by Gasteiger charge is 2.52. The van der Waals surface area contributed by atoms with Crippen LogP contribution in [0.5, 0.6) is 0 Å². The van der Waals surface area contributed by atoms with Crippen molar-refractivity contribution in [3.8, 4) is 0 Å². The topological polar surface area (TPSA) is 46.6 Å². The van der Waals surface area contributed by atoms with Gasteiger partial charge in [-0.1, -0.05) is 32.0 Å². The van der Waals surface area contributed by atoms with Gasteiger partial charge in [-0.2, -0.15) is 13.2 Å². The van der Waals surface area contributed by atoms with E-state index in [9.17, 15) is 22.8 Å². The van der Waals surface area contributed by atoms with E-state index in [0.29, 0.717) is 5.56 Å². The fraction of sp³-hybridized carbons (Fsp3) is 0.556. The van der Waals surface area contributed by atoms with E-state index >= 15 is 0 Å². The SMILES string of the molecule is CC1(C)CN(C(=O)[C@H]2Cc3ccccc3C(=O)O2)CC[C@H]1C(F)(F)F. The molecule has 2 aliphatic heterocycles. The van der Waals surface area contributed by atoms with Crippen molar-refractivity contribution in [3.63, 3.8) is 0 Å². The van der Waals surface area contributed by atoms with Gasteiger partial charge in [0, 0.05) is 19.5 Å². The number of ether oxygens (including phenoxy) is 1. The maximum absolute atomic E-state index is 13.2. The molecule has 0 bridgehead atoms. The smallest absolute Gasteiger partial charge is 0.392 e. The van der Waals surface area contributed by atoms with Crippen molar-refractivity contribution in [2.75, 3.05) is 13.1 Å². The molecule has 1 aromatic carbocycles. The second kappa shape index (κ2) is 6.04. The lowest BCUT2D eigenvalue weighted by molar-refractivity contribution is -0.218. The number of amides is 1. The number of cyclic esters (lactones) is 1. The third-order valence-corrected chi connectivity index (χ3v) is 5.10. The molecule has 2 aliphatic rings. The highest BCUT2D eigenvalue weighted by molar-refractivity contribution is 5.95. The number of esters is 1. The molecule has 1 saturated heterocycles. The van der Waals surface area contributed by atoms with Gasteiger partial charge in [-0.3, -0.25) is 4.79 Å². The third kappa shape index (κ3) is 3.37. The minimum absolute atomic E-state index is 0.00823. The summed E-state index contributed by atoms with van der Waals surface area (Å²) in [7, 11) is 0. The number of hydrogen-bond donors (Lipinski definition) is 0. The minimum atomic E-state index is -4.28. The summed E-state index contributed by atoms with van der Waals surface area (Å²) in [6, 6.07) is 6.88. The second-order valence-corrected chi connectivity index (χ2v) is 7.39. The van der Waals surface area contributed by atoms with Crippen molar-refractivity contribution in [1.29, 1.82) is 0 Å². The van der Waals surface area contributed by atoms with Crippen LogP contribution in [0, 0.1) is 11.3 Å². The van der Waals surface area contributed by atoms with Gasteiger partial charge >= 0.3 is 12.1 Å². The first kappa shape index (κ1) is 17.8. The number of halogens is 3. The zero-order valence-electron chi connectivity index (χ0n) is 14.1. The first-order chi connectivity index (χ1) is 11.6. The molecule has 0 aliphatic carbocycles. The zero-order chi connectivity index (χ0) is 18.4. The number of hydrogen-bond acceptors (Lipinski definition) is 3. The molecule has 2 heterocycles. The number of alkyl halides is 3. The van der Waals surface area contributed by atoms with Crippen LogP contribution in [-0.2, 0) is 16.0 Å². The quantitative estimate of drug-likeness (QED) is 0.727. The highest BCUT2D eigenvalue weighted by atomic mass is 19.4. The van der Waals surface area contributed by atoms with Gasteiger partial charge in [-0.25, -0.2) is 4.79 Å². The molecule has 0 aromatic heterocycles. The van der Waals surface area contributed by atoms with Crippen molar-refractivity contribution in [2.24, 2.45) is 11.3 Å². The molecule has 0 saturated carbocycles. The van der Waals surface area contributed by atoms with E-state index in [1.54, 1.807) is 24.3 Å². The molecule has 0 radical (unpaired) electrons. The van der Waals surface area contributed by atoms with E-state index in [2.05, 4.69) is 0 Å². The normalized spacial score (nSPS) is 26.0. The predicted molar refractivity (Wildman–Crippen MR) is 83.9 cm³/mol. The highest BCUT2D eigenvalue weighted by Crippen LogP contribution is 2.45. The summed E-state index contributed by atoms with van der Waals surface area (Å²) in [5.74, 6) is -2.43. The molecule has 1 amide bonds. The fourth-order valence-corrected chi connectivity index (χ4v) is 3.82. The summed E-state index contributed by atoms with van der Waals surface area (Å²) < 4.78 is 44.7. The number of fused-ring (bicyclic) bond motifs is 1. The van der Waals surface area contributed by atoms with Crippen LogP contribution in [0.1, 0.15) is 36.2 Å². The van der Waals surface area contributed by atoms with E-state index in [0.717, 1.165) is 5.56 Å². The Morgan fingerprint density at radius 1 is 1.28 bits per heavy atom. The molecule has 0 spiro atoms. The van der Waals surface area contributed by atoms with Crippen LogP contribution in [0.3, 0.4) is 0 Å². The molecule has 7 heteroatoms. The second-order valence-electron chi connectivity index (χ2n) is 7.39. The number of likely N-dealkylation sites (tertiary alicyclic amines) is 1. The lowest BCUT2D eigenvalue weighted by Gasteiger charge is -2.45. The van der Waals surface area contributed by atoms with Crippen molar-refractivity contribution in [2.45, 2.75) is 39.0 Å². The third-order valence-electron chi connectivity index (χ3n) is 5.10. The maximum Gasteiger partial charge on any atom is 0.392 e. The Hall–Kier alpha value is -2.05. The summed E-state index contributed by atoms with van der Waals surface area (Å²) in [5, 5.41) is 0. The first-order valence-electron chi connectivity index (χ1n) is 8.24. The average Bonchev–Trinajstić information content (AvgIpc) is 2.51. The zero-order valence-corrected chi connectivity index (χ0v) is 14.1. The van der Waals surface area contributed by atoms with Gasteiger partial charge < -0.3 is 9.64 Å². The summed E-state index contributed by atoms with van der Waals surface area (Å²) in [4.78, 5) is 26.2. The Bertz CT molecular complexity index is 699. The molecular weight excluding hydrogens is 335 g/mol. The Morgan fingerprint density at radius 3 is 2.60 bits per heavy atom. The van der Waals surface area contributed by atoms with E-state index in [-0.39, 0.29) is 25.9 Å². The largest absolute Gasteiger partial charge is 0.448 e. The molecule has 2 atom stereocenters. The van der Waals surface area contributed by atoms with E-state index in [4.69, 9.17) is 4.74 Å². The van der Waals surface area contributed by atoms with Gasteiger partial charge in [0.25, 0.3) is 5.91 Å². The van der Waals surface area contributed by atoms with Crippen LogP contribution in [-0.4, -0.2) is 42.1 Å². The molecule has 0 N–H and O–H groups in total. The van der Waals surface area contributed by atoms with Crippen molar-refractivity contribution >= 4 is 11.9 Å². The van der Waals surface area contributed by atoms with E-state index in [1.807, 2.05) is 0 Å². The number of benzene rings is 1. The van der Waals surface area contributed by atoms with Gasteiger partial charge in [0.1, 0.15) is 0 Å². The lowest BCUT2D eigenvalue weighted by atomic mass is 9.73. The van der Waals surface area contributed by atoms with Gasteiger partial charge in [0.05, 0.1) is 11.5 Å². The summed E-state index contributed by atoms with van der Waals surface area (Å²) >= 11 is 0.